The third kappa shape index (κ3) is 7.87. The fourth-order valence-electron chi connectivity index (χ4n) is 4.60. The van der Waals surface area contributed by atoms with Gasteiger partial charge in [0.15, 0.2) is 11.6 Å². The van der Waals surface area contributed by atoms with Gasteiger partial charge in [0.1, 0.15) is 11.5 Å². The van der Waals surface area contributed by atoms with Gasteiger partial charge < -0.3 is 15.2 Å². The third-order valence-electron chi connectivity index (χ3n) is 7.23. The second-order valence-corrected chi connectivity index (χ2v) is 10.9. The van der Waals surface area contributed by atoms with Crippen molar-refractivity contribution < 1.29 is 36.2 Å². The first-order chi connectivity index (χ1) is 18.1. The summed E-state index contributed by atoms with van der Waals surface area (Å²) in [6.45, 7) is 8.23. The Morgan fingerprint density at radius 2 is 1.87 bits per heavy atom. The molecule has 1 aliphatic rings. The summed E-state index contributed by atoms with van der Waals surface area (Å²) >= 11 is -0.750. The van der Waals surface area contributed by atoms with Gasteiger partial charge >= 0.3 is 17.7 Å². The van der Waals surface area contributed by atoms with Crippen LogP contribution in [0.4, 0.5) is 13.2 Å². The number of carbonyl (C=O) groups is 1. The average Bonchev–Trinajstić information content (AvgIpc) is 3.20. The Morgan fingerprint density at radius 1 is 1.28 bits per heavy atom. The second-order valence-electron chi connectivity index (χ2n) is 10.7. The number of aromatic nitrogens is 3. The maximum Gasteiger partial charge on any atom is 0.394 e. The molecular weight excluding hydrogens is 537 g/mol. The highest BCUT2D eigenvalue weighted by Crippen LogP contribution is 2.41. The lowest BCUT2D eigenvalue weighted by Gasteiger charge is -2.34. The lowest BCUT2D eigenvalue weighted by Crippen LogP contribution is -2.45. The third-order valence-corrected chi connectivity index (χ3v) is 7.23. The van der Waals surface area contributed by atoms with E-state index in [4.69, 9.17) is 13.2 Å². The van der Waals surface area contributed by atoms with Crippen LogP contribution < -0.4 is 10.1 Å². The first-order valence-electron chi connectivity index (χ1n) is 12.7. The molecule has 0 aliphatic heterocycles. The molecular formula is C26H37F3N4O5S. The van der Waals surface area contributed by atoms with Crippen molar-refractivity contribution in [3.8, 4) is 11.6 Å². The van der Waals surface area contributed by atoms with Crippen LogP contribution in [0.3, 0.4) is 0 Å². The number of nitrogens with zero attached hydrogens (tertiary/aromatic N) is 3. The number of ether oxygens (including phenoxy) is 1. The molecule has 2 heterocycles. The molecule has 0 saturated heterocycles. The number of alkyl halides is 3. The van der Waals surface area contributed by atoms with Gasteiger partial charge in [0.25, 0.3) is 5.91 Å². The van der Waals surface area contributed by atoms with Gasteiger partial charge in [-0.25, -0.2) is 9.97 Å². The number of rotatable bonds is 8. The van der Waals surface area contributed by atoms with E-state index in [9.17, 15) is 23.1 Å². The molecule has 1 saturated carbocycles. The molecule has 218 valence electrons. The molecule has 1 fully saturated rings. The van der Waals surface area contributed by atoms with Crippen LogP contribution in [0.5, 0.6) is 5.75 Å². The van der Waals surface area contributed by atoms with E-state index in [0.717, 1.165) is 26.7 Å². The predicted molar refractivity (Wildman–Crippen MR) is 139 cm³/mol. The Bertz CT molecular complexity index is 1180. The van der Waals surface area contributed by atoms with E-state index in [2.05, 4.69) is 22.2 Å². The highest BCUT2D eigenvalue weighted by atomic mass is 32.1. The number of hydrogen-bond acceptors (Lipinski definition) is 7. The summed E-state index contributed by atoms with van der Waals surface area (Å²) < 4.78 is 63.9. The van der Waals surface area contributed by atoms with E-state index in [-0.39, 0.29) is 18.7 Å². The molecule has 3 rings (SSSR count). The minimum atomic E-state index is -4.36. The van der Waals surface area contributed by atoms with Crippen molar-refractivity contribution >= 4 is 17.5 Å². The fourth-order valence-corrected chi connectivity index (χ4v) is 4.60. The van der Waals surface area contributed by atoms with Gasteiger partial charge in [-0.05, 0) is 56.6 Å². The number of hydrogen-bond donors (Lipinski definition) is 2. The minimum absolute atomic E-state index is 0.150. The number of aliphatic hydroxyl groups is 1. The summed E-state index contributed by atoms with van der Waals surface area (Å²) in [6, 6.07) is 1.55. The zero-order valence-corrected chi connectivity index (χ0v) is 24.0. The summed E-state index contributed by atoms with van der Waals surface area (Å²) in [7, 11) is 1.43. The average molecular weight is 575 g/mol. The van der Waals surface area contributed by atoms with Crippen LogP contribution >= 0.6 is 0 Å². The SMILES string of the molecule is CCc1nc(C(=O)NCC2(O)CCC(C)CC2)c(C)n1-c1ncc(CC(C)(C)C(F)(F)F)cc1OC.O=S=O. The first kappa shape index (κ1) is 32.4. The minimum Gasteiger partial charge on any atom is -0.493 e. The number of carbonyl (C=O) groups excluding carboxylic acids is 1. The predicted octanol–water partition coefficient (Wildman–Crippen LogP) is 4.28. The van der Waals surface area contributed by atoms with E-state index < -0.39 is 34.7 Å². The lowest BCUT2D eigenvalue weighted by atomic mass is 9.79. The zero-order valence-electron chi connectivity index (χ0n) is 23.1. The largest absolute Gasteiger partial charge is 0.493 e. The van der Waals surface area contributed by atoms with Crippen molar-refractivity contribution in [3.05, 3.63) is 35.0 Å². The molecule has 0 radical (unpaired) electrons. The molecule has 13 heteroatoms. The molecule has 2 aromatic heterocycles. The van der Waals surface area contributed by atoms with Gasteiger partial charge in [0, 0.05) is 19.2 Å². The van der Waals surface area contributed by atoms with Gasteiger partial charge in [-0.2, -0.15) is 21.6 Å². The molecule has 9 nitrogen and oxygen atoms in total. The van der Waals surface area contributed by atoms with E-state index in [1.807, 2.05) is 6.92 Å². The smallest absolute Gasteiger partial charge is 0.394 e. The Balaban J connectivity index is 0.00000170. The van der Waals surface area contributed by atoms with Crippen LogP contribution in [0.1, 0.15) is 80.9 Å². The lowest BCUT2D eigenvalue weighted by molar-refractivity contribution is -0.211. The first-order valence-corrected chi connectivity index (χ1v) is 13.4. The maximum absolute atomic E-state index is 13.4. The van der Waals surface area contributed by atoms with Crippen LogP contribution in [-0.4, -0.2) is 59.4 Å². The van der Waals surface area contributed by atoms with Crippen molar-refractivity contribution in [1.29, 1.82) is 0 Å². The fraction of sp³-hybridized carbons (Fsp3) is 0.654. The van der Waals surface area contributed by atoms with Gasteiger partial charge in [-0.15, -0.1) is 0 Å². The molecule has 0 bridgehead atoms. The Kier molecular flexibility index (Phi) is 10.8. The summed E-state index contributed by atoms with van der Waals surface area (Å²) in [5, 5.41) is 13.7. The Labute approximate surface area is 230 Å². The van der Waals surface area contributed by atoms with Crippen molar-refractivity contribution in [3.63, 3.8) is 0 Å². The highest BCUT2D eigenvalue weighted by molar-refractivity contribution is 7.51. The van der Waals surface area contributed by atoms with Crippen molar-refractivity contribution in [2.45, 2.75) is 84.9 Å². The molecule has 39 heavy (non-hydrogen) atoms. The number of pyridine rings is 1. The van der Waals surface area contributed by atoms with Gasteiger partial charge in [0.2, 0.25) is 0 Å². The number of nitrogens with one attached hydrogen (secondary N) is 1. The number of imidazole rings is 1. The van der Waals surface area contributed by atoms with Crippen LogP contribution in [0.15, 0.2) is 12.3 Å². The quantitative estimate of drug-likeness (QED) is 0.483. The van der Waals surface area contributed by atoms with Crippen molar-refractivity contribution in [1.82, 2.24) is 19.9 Å². The van der Waals surface area contributed by atoms with Gasteiger partial charge in [0.05, 0.1) is 23.8 Å². The molecule has 1 amide bonds. The topological polar surface area (TPSA) is 123 Å². The number of amides is 1. The van der Waals surface area contributed by atoms with Crippen LogP contribution in [-0.2, 0) is 24.4 Å². The normalized spacial score (nSPS) is 19.6. The number of halogens is 3. The Hall–Kier alpha value is -2.80. The van der Waals surface area contributed by atoms with Crippen LogP contribution in [0, 0.1) is 18.3 Å². The maximum atomic E-state index is 13.4. The number of aryl methyl sites for hydroxylation is 1. The van der Waals surface area contributed by atoms with E-state index in [0.29, 0.717) is 53.8 Å². The second kappa shape index (κ2) is 13.0. The van der Waals surface area contributed by atoms with Crippen LogP contribution in [0.2, 0.25) is 0 Å². The summed E-state index contributed by atoms with van der Waals surface area (Å²) in [5.74, 6) is 1.39. The van der Waals surface area contributed by atoms with E-state index >= 15 is 0 Å². The molecule has 0 atom stereocenters. The molecule has 2 aromatic rings. The van der Waals surface area contributed by atoms with Gasteiger partial charge in [-0.1, -0.05) is 27.7 Å². The highest BCUT2D eigenvalue weighted by Gasteiger charge is 2.47. The van der Waals surface area contributed by atoms with Crippen molar-refractivity contribution in [2.24, 2.45) is 11.3 Å². The molecule has 0 spiro atoms. The Morgan fingerprint density at radius 3 is 2.38 bits per heavy atom. The van der Waals surface area contributed by atoms with Crippen LogP contribution in [0.25, 0.3) is 5.82 Å². The van der Waals surface area contributed by atoms with E-state index in [1.54, 1.807) is 17.6 Å². The standard InChI is InChI=1S/C26H37F3N4O3.O2S/c1-7-20-32-21(23(34)31-15-25(35)10-8-16(2)9-11-25)17(3)33(20)22-19(36-6)12-18(14-30-22)13-24(4,5)26(27,28)29;1-3-2/h12,14,16,35H,7-11,13,15H2,1-6H3,(H,31,34);. The number of methoxy groups -OCH3 is 1. The van der Waals surface area contributed by atoms with Crippen molar-refractivity contribution in [2.75, 3.05) is 13.7 Å². The molecule has 1 aliphatic carbocycles. The summed E-state index contributed by atoms with van der Waals surface area (Å²) in [5.41, 5.74) is -1.71. The molecule has 0 aromatic carbocycles. The van der Waals surface area contributed by atoms with Gasteiger partial charge in [-0.3, -0.25) is 9.36 Å². The summed E-state index contributed by atoms with van der Waals surface area (Å²) in [6.07, 6.45) is 0.400. The monoisotopic (exact) mass is 574 g/mol. The molecule has 0 unspecified atom stereocenters. The van der Waals surface area contributed by atoms with E-state index in [1.165, 1.54) is 13.3 Å². The summed E-state index contributed by atoms with van der Waals surface area (Å²) in [4.78, 5) is 22.0. The zero-order chi connectivity index (χ0) is 29.6. The molecule has 2 N–H and O–H groups in total.